The van der Waals surface area contributed by atoms with Crippen LogP contribution in [0.5, 0.6) is 0 Å². The highest BCUT2D eigenvalue weighted by Gasteiger charge is 2.30. The summed E-state index contributed by atoms with van der Waals surface area (Å²) in [7, 11) is 3.99. The van der Waals surface area contributed by atoms with Crippen LogP contribution in [0.25, 0.3) is 11.4 Å². The average Bonchev–Trinajstić information content (AvgIpc) is 3.03. The fourth-order valence-corrected chi connectivity index (χ4v) is 3.81. The monoisotopic (exact) mass is 345 g/mol. The molecule has 0 saturated carbocycles. The van der Waals surface area contributed by atoms with Crippen molar-refractivity contribution in [2.75, 3.05) is 32.5 Å². The van der Waals surface area contributed by atoms with E-state index < -0.39 is 0 Å². The summed E-state index contributed by atoms with van der Waals surface area (Å²) in [5, 5.41) is 3.41. The van der Waals surface area contributed by atoms with Crippen molar-refractivity contribution < 1.29 is 4.79 Å². The minimum atomic E-state index is -0.118. The Kier molecular flexibility index (Phi) is 5.11. The van der Waals surface area contributed by atoms with Gasteiger partial charge in [-0.15, -0.1) is 0 Å². The molecule has 2 aromatic rings. The number of aromatic nitrogens is 2. The molecule has 0 spiro atoms. The van der Waals surface area contributed by atoms with Crippen molar-refractivity contribution in [2.24, 2.45) is 5.92 Å². The second-order valence-electron chi connectivity index (χ2n) is 6.43. The van der Waals surface area contributed by atoms with Gasteiger partial charge in [-0.05, 0) is 25.9 Å². The Morgan fingerprint density at radius 2 is 2.12 bits per heavy atom. The fourth-order valence-electron chi connectivity index (χ4n) is 3.23. The first-order chi connectivity index (χ1) is 11.5. The Labute approximate surface area is 146 Å². The van der Waals surface area contributed by atoms with Crippen molar-refractivity contribution in [3.05, 3.63) is 30.3 Å². The number of benzene rings is 1. The minimum absolute atomic E-state index is 0.118. The third-order valence-corrected chi connectivity index (χ3v) is 5.18. The maximum Gasteiger partial charge on any atom is 0.323 e. The summed E-state index contributed by atoms with van der Waals surface area (Å²) in [5.74, 6) is 1.10. The van der Waals surface area contributed by atoms with Gasteiger partial charge in [0, 0.05) is 36.7 Å². The lowest BCUT2D eigenvalue weighted by molar-refractivity contribution is 0.113. The smallest absolute Gasteiger partial charge is 0.323 e. The van der Waals surface area contributed by atoms with Crippen LogP contribution in [-0.2, 0) is 0 Å². The van der Waals surface area contributed by atoms with E-state index in [2.05, 4.69) is 33.5 Å². The summed E-state index contributed by atoms with van der Waals surface area (Å²) < 4.78 is 4.33. The highest BCUT2D eigenvalue weighted by molar-refractivity contribution is 7.10. The molecule has 1 saturated heterocycles. The number of nitrogens with one attached hydrogen (secondary N) is 1. The number of anilines is 1. The van der Waals surface area contributed by atoms with E-state index >= 15 is 0 Å². The SMILES string of the molecule is CC1CN(C)CCC1N(C)C(=O)Nc1nc(-c2ccccc2)ns1. The van der Waals surface area contributed by atoms with Crippen LogP contribution >= 0.6 is 11.5 Å². The summed E-state index contributed by atoms with van der Waals surface area (Å²) in [6, 6.07) is 9.90. The topological polar surface area (TPSA) is 61.4 Å². The molecule has 2 amide bonds. The summed E-state index contributed by atoms with van der Waals surface area (Å²) in [4.78, 5) is 21.1. The van der Waals surface area contributed by atoms with Crippen molar-refractivity contribution in [1.29, 1.82) is 0 Å². The van der Waals surface area contributed by atoms with Gasteiger partial charge in [-0.1, -0.05) is 37.3 Å². The highest BCUT2D eigenvalue weighted by Crippen LogP contribution is 2.23. The number of hydrogen-bond donors (Lipinski definition) is 1. The van der Waals surface area contributed by atoms with Crippen molar-refractivity contribution in [1.82, 2.24) is 19.2 Å². The molecule has 0 radical (unpaired) electrons. The van der Waals surface area contributed by atoms with Gasteiger partial charge >= 0.3 is 6.03 Å². The third-order valence-electron chi connectivity index (χ3n) is 4.55. The first-order valence-electron chi connectivity index (χ1n) is 8.16. The lowest BCUT2D eigenvalue weighted by Crippen LogP contribution is -2.50. The molecule has 1 aromatic carbocycles. The normalized spacial score (nSPS) is 21.5. The van der Waals surface area contributed by atoms with E-state index in [1.807, 2.05) is 37.4 Å². The van der Waals surface area contributed by atoms with E-state index in [1.165, 1.54) is 11.5 Å². The van der Waals surface area contributed by atoms with E-state index in [1.54, 1.807) is 4.90 Å². The maximum atomic E-state index is 12.5. The van der Waals surface area contributed by atoms with E-state index in [9.17, 15) is 4.79 Å². The van der Waals surface area contributed by atoms with Crippen LogP contribution in [0.4, 0.5) is 9.93 Å². The predicted molar refractivity (Wildman–Crippen MR) is 97.2 cm³/mol. The van der Waals surface area contributed by atoms with Gasteiger partial charge in [0.25, 0.3) is 0 Å². The van der Waals surface area contributed by atoms with E-state index in [0.29, 0.717) is 16.9 Å². The summed E-state index contributed by atoms with van der Waals surface area (Å²) in [5.41, 5.74) is 0.951. The Hall–Kier alpha value is -1.99. The average molecular weight is 345 g/mol. The van der Waals surface area contributed by atoms with Gasteiger partial charge in [-0.3, -0.25) is 5.32 Å². The first kappa shape index (κ1) is 16.9. The molecule has 1 aliphatic rings. The standard InChI is InChI=1S/C17H23N5OS/c1-12-11-21(2)10-9-14(12)22(3)17(23)19-16-18-15(20-24-16)13-7-5-4-6-8-13/h4-8,12,14H,9-11H2,1-3H3,(H,18,19,20,23). The number of nitrogens with zero attached hydrogens (tertiary/aromatic N) is 4. The number of likely N-dealkylation sites (tertiary alicyclic amines) is 1. The molecule has 6 nitrogen and oxygen atoms in total. The summed E-state index contributed by atoms with van der Waals surface area (Å²) in [6.07, 6.45) is 0.993. The number of carbonyl (C=O) groups is 1. The van der Waals surface area contributed by atoms with Crippen LogP contribution in [0, 0.1) is 5.92 Å². The van der Waals surface area contributed by atoms with Crippen molar-refractivity contribution in [2.45, 2.75) is 19.4 Å². The lowest BCUT2D eigenvalue weighted by atomic mass is 9.93. The molecule has 128 valence electrons. The van der Waals surface area contributed by atoms with E-state index in [-0.39, 0.29) is 12.1 Å². The molecule has 1 aliphatic heterocycles. The second kappa shape index (κ2) is 7.27. The molecular weight excluding hydrogens is 322 g/mol. The van der Waals surface area contributed by atoms with Gasteiger partial charge < -0.3 is 9.80 Å². The Bertz CT molecular complexity index is 689. The number of rotatable bonds is 3. The molecule has 0 bridgehead atoms. The van der Waals surface area contributed by atoms with Crippen LogP contribution < -0.4 is 5.32 Å². The molecule has 3 rings (SSSR count). The summed E-state index contributed by atoms with van der Waals surface area (Å²) >= 11 is 1.21. The van der Waals surface area contributed by atoms with Gasteiger partial charge in [0.2, 0.25) is 5.13 Å². The Morgan fingerprint density at radius 1 is 1.38 bits per heavy atom. The number of carbonyl (C=O) groups excluding carboxylic acids is 1. The number of amides is 2. The van der Waals surface area contributed by atoms with E-state index in [4.69, 9.17) is 0 Å². The quantitative estimate of drug-likeness (QED) is 0.929. The zero-order valence-corrected chi connectivity index (χ0v) is 15.1. The third kappa shape index (κ3) is 3.73. The van der Waals surface area contributed by atoms with Gasteiger partial charge in [-0.2, -0.15) is 9.36 Å². The number of hydrogen-bond acceptors (Lipinski definition) is 5. The van der Waals surface area contributed by atoms with Crippen molar-refractivity contribution in [3.63, 3.8) is 0 Å². The van der Waals surface area contributed by atoms with Crippen molar-refractivity contribution in [3.8, 4) is 11.4 Å². The van der Waals surface area contributed by atoms with Crippen LogP contribution in [0.1, 0.15) is 13.3 Å². The van der Waals surface area contributed by atoms with Crippen LogP contribution in [-0.4, -0.2) is 58.4 Å². The van der Waals surface area contributed by atoms with Gasteiger partial charge in [0.1, 0.15) is 0 Å². The van der Waals surface area contributed by atoms with Crippen LogP contribution in [0.2, 0.25) is 0 Å². The Balaban J connectivity index is 1.63. The number of urea groups is 1. The molecule has 24 heavy (non-hydrogen) atoms. The predicted octanol–water partition coefficient (Wildman–Crippen LogP) is 3.01. The zero-order valence-electron chi connectivity index (χ0n) is 14.3. The minimum Gasteiger partial charge on any atom is -0.324 e. The second-order valence-corrected chi connectivity index (χ2v) is 7.18. The van der Waals surface area contributed by atoms with Crippen LogP contribution in [0.15, 0.2) is 30.3 Å². The molecule has 2 heterocycles. The number of piperidine rings is 1. The Morgan fingerprint density at radius 3 is 2.83 bits per heavy atom. The molecule has 1 N–H and O–H groups in total. The summed E-state index contributed by atoms with van der Waals surface area (Å²) in [6.45, 7) is 4.23. The van der Waals surface area contributed by atoms with Crippen molar-refractivity contribution >= 4 is 22.7 Å². The van der Waals surface area contributed by atoms with Gasteiger partial charge in [0.15, 0.2) is 5.82 Å². The first-order valence-corrected chi connectivity index (χ1v) is 8.93. The molecule has 7 heteroatoms. The molecule has 2 unspecified atom stereocenters. The van der Waals surface area contributed by atoms with E-state index in [0.717, 1.165) is 25.1 Å². The molecular formula is C17H23N5OS. The highest BCUT2D eigenvalue weighted by atomic mass is 32.1. The molecule has 1 fully saturated rings. The lowest BCUT2D eigenvalue weighted by Gasteiger charge is -2.39. The van der Waals surface area contributed by atoms with Gasteiger partial charge in [0.05, 0.1) is 0 Å². The molecule has 2 atom stereocenters. The van der Waals surface area contributed by atoms with Gasteiger partial charge in [-0.25, -0.2) is 4.79 Å². The molecule has 1 aromatic heterocycles. The fraction of sp³-hybridized carbons (Fsp3) is 0.471. The molecule has 0 aliphatic carbocycles. The largest absolute Gasteiger partial charge is 0.324 e. The maximum absolute atomic E-state index is 12.5. The zero-order chi connectivity index (χ0) is 17.1. The van der Waals surface area contributed by atoms with Crippen LogP contribution in [0.3, 0.4) is 0 Å².